The smallest absolute Gasteiger partial charge is 0.258 e. The lowest BCUT2D eigenvalue weighted by molar-refractivity contribution is 0.301. The summed E-state index contributed by atoms with van der Waals surface area (Å²) in [4.78, 5) is 8.56. The van der Waals surface area contributed by atoms with Gasteiger partial charge in [-0.15, -0.1) is 11.6 Å². The molecule has 1 aliphatic heterocycles. The molecule has 1 fully saturated rings. The van der Waals surface area contributed by atoms with Crippen LogP contribution in [0.25, 0.3) is 0 Å². The van der Waals surface area contributed by atoms with Gasteiger partial charge in [-0.3, -0.25) is 0 Å². The molecular formula is C27H28Cl2N4O3S. The molecule has 0 aliphatic carbocycles. The molecule has 0 atom stereocenters. The maximum Gasteiger partial charge on any atom is 0.258 e. The number of benzene rings is 2. The maximum atomic E-state index is 12.7. The Morgan fingerprint density at radius 1 is 1.11 bits per heavy atom. The lowest BCUT2D eigenvalue weighted by atomic mass is 9.77. The number of nitrogens with zero attached hydrogens (tertiary/aromatic N) is 4. The molecule has 10 heteroatoms. The van der Waals surface area contributed by atoms with E-state index in [-0.39, 0.29) is 19.2 Å². The molecule has 2 aromatic carbocycles. The van der Waals surface area contributed by atoms with E-state index in [0.717, 1.165) is 24.0 Å². The summed E-state index contributed by atoms with van der Waals surface area (Å²) >= 11 is 12.2. The van der Waals surface area contributed by atoms with E-state index >= 15 is 0 Å². The van der Waals surface area contributed by atoms with Crippen molar-refractivity contribution >= 4 is 38.9 Å². The molecule has 0 spiro atoms. The van der Waals surface area contributed by atoms with Gasteiger partial charge in [0.05, 0.1) is 31.9 Å². The van der Waals surface area contributed by atoms with Gasteiger partial charge in [-0.1, -0.05) is 37.6 Å². The first-order chi connectivity index (χ1) is 17.7. The summed E-state index contributed by atoms with van der Waals surface area (Å²) in [6.45, 7) is 4.64. The Morgan fingerprint density at radius 3 is 2.51 bits per heavy atom. The van der Waals surface area contributed by atoms with Crippen LogP contribution in [-0.2, 0) is 21.8 Å². The molecule has 37 heavy (non-hydrogen) atoms. The summed E-state index contributed by atoms with van der Waals surface area (Å²) < 4.78 is 28.5. The summed E-state index contributed by atoms with van der Waals surface area (Å²) in [5.41, 5.74) is 2.51. The lowest BCUT2D eigenvalue weighted by Gasteiger charge is -2.27. The molecule has 0 unspecified atom stereocenters. The van der Waals surface area contributed by atoms with E-state index in [4.69, 9.17) is 32.7 Å². The van der Waals surface area contributed by atoms with Crippen molar-refractivity contribution in [3.63, 3.8) is 0 Å². The van der Waals surface area contributed by atoms with Gasteiger partial charge in [0.25, 0.3) is 5.95 Å². The Kier molecular flexibility index (Phi) is 8.58. The largest absolute Gasteiger partial charge is 0.489 e. The van der Waals surface area contributed by atoms with Gasteiger partial charge in [0.15, 0.2) is 5.75 Å². The number of nitriles is 1. The Balaban J connectivity index is 1.47. The van der Waals surface area contributed by atoms with Crippen LogP contribution in [0.15, 0.2) is 53.0 Å². The molecule has 194 valence electrons. The van der Waals surface area contributed by atoms with Gasteiger partial charge in [-0.05, 0) is 54.3 Å². The van der Waals surface area contributed by atoms with Crippen LogP contribution in [0.5, 0.6) is 11.5 Å². The zero-order valence-corrected chi connectivity index (χ0v) is 23.1. The molecule has 7 nitrogen and oxygen atoms in total. The predicted molar refractivity (Wildman–Crippen MR) is 147 cm³/mol. The molecule has 0 amide bonds. The normalized spacial score (nSPS) is 14.7. The SMILES string of the molecule is CC(C)(c1ccc(OCc2ccnc(N=S3(=O)CCCC3)n2)cc1)c1cc(Cl)c(OCCCl)c(C#N)c1. The zero-order valence-electron chi connectivity index (χ0n) is 20.7. The van der Waals surface area contributed by atoms with Crippen molar-refractivity contribution in [3.8, 4) is 17.6 Å². The second-order valence-electron chi connectivity index (χ2n) is 9.25. The second kappa shape index (κ2) is 11.7. The minimum Gasteiger partial charge on any atom is -0.489 e. The lowest BCUT2D eigenvalue weighted by Crippen LogP contribution is -2.19. The van der Waals surface area contributed by atoms with Crippen molar-refractivity contribution in [2.45, 2.75) is 38.7 Å². The fraction of sp³-hybridized carbons (Fsp3) is 0.370. The third-order valence-electron chi connectivity index (χ3n) is 6.30. The highest BCUT2D eigenvalue weighted by atomic mass is 35.5. The first kappa shape index (κ1) is 27.2. The summed E-state index contributed by atoms with van der Waals surface area (Å²) in [5.74, 6) is 2.80. The first-order valence-corrected chi connectivity index (χ1v) is 14.7. The van der Waals surface area contributed by atoms with Crippen LogP contribution in [0.2, 0.25) is 5.02 Å². The number of hydrogen-bond acceptors (Lipinski definition) is 7. The van der Waals surface area contributed by atoms with Crippen LogP contribution in [0, 0.1) is 11.3 Å². The maximum absolute atomic E-state index is 12.7. The molecule has 4 rings (SSSR count). The number of halogens is 2. The minimum absolute atomic E-state index is 0.236. The quantitative estimate of drug-likeness (QED) is 0.281. The third-order valence-corrected chi connectivity index (χ3v) is 9.08. The Labute approximate surface area is 227 Å². The highest BCUT2D eigenvalue weighted by molar-refractivity contribution is 7.93. The van der Waals surface area contributed by atoms with E-state index in [9.17, 15) is 9.47 Å². The monoisotopic (exact) mass is 558 g/mol. The Morgan fingerprint density at radius 2 is 1.84 bits per heavy atom. The molecular weight excluding hydrogens is 531 g/mol. The average Bonchev–Trinajstić information content (AvgIpc) is 3.32. The highest BCUT2D eigenvalue weighted by Gasteiger charge is 2.26. The van der Waals surface area contributed by atoms with Crippen molar-refractivity contribution in [3.05, 3.63) is 76.1 Å². The molecule has 1 aliphatic rings. The van der Waals surface area contributed by atoms with E-state index in [1.54, 1.807) is 18.3 Å². The number of ether oxygens (including phenoxy) is 2. The van der Waals surface area contributed by atoms with Crippen LogP contribution in [0.3, 0.4) is 0 Å². The van der Waals surface area contributed by atoms with E-state index < -0.39 is 15.1 Å². The summed E-state index contributed by atoms with van der Waals surface area (Å²) in [7, 11) is -2.23. The van der Waals surface area contributed by atoms with E-state index in [1.807, 2.05) is 30.3 Å². The van der Waals surface area contributed by atoms with Gasteiger partial charge in [-0.2, -0.15) is 9.62 Å². The van der Waals surface area contributed by atoms with Crippen LogP contribution in [0.4, 0.5) is 5.95 Å². The Hall–Kier alpha value is -2.86. The number of alkyl halides is 1. The number of rotatable bonds is 9. The number of hydrogen-bond donors (Lipinski definition) is 0. The highest BCUT2D eigenvalue weighted by Crippen LogP contribution is 2.38. The predicted octanol–water partition coefficient (Wildman–Crippen LogP) is 6.42. The summed E-state index contributed by atoms with van der Waals surface area (Å²) in [6, 6.07) is 15.3. The van der Waals surface area contributed by atoms with Gasteiger partial charge >= 0.3 is 0 Å². The van der Waals surface area contributed by atoms with Crippen molar-refractivity contribution in [2.75, 3.05) is 24.0 Å². The van der Waals surface area contributed by atoms with Gasteiger partial charge in [0.1, 0.15) is 25.0 Å². The molecule has 0 N–H and O–H groups in total. The molecule has 0 saturated carbocycles. The number of aromatic nitrogens is 2. The fourth-order valence-electron chi connectivity index (χ4n) is 4.12. The van der Waals surface area contributed by atoms with Crippen LogP contribution >= 0.6 is 23.2 Å². The molecule has 0 bridgehead atoms. The fourth-order valence-corrected chi connectivity index (χ4v) is 6.56. The summed E-state index contributed by atoms with van der Waals surface area (Å²) in [6.07, 6.45) is 3.47. The average molecular weight is 560 g/mol. The van der Waals surface area contributed by atoms with Crippen molar-refractivity contribution < 1.29 is 13.7 Å². The molecule has 2 heterocycles. The molecule has 3 aromatic rings. The van der Waals surface area contributed by atoms with E-state index in [2.05, 4.69) is 34.2 Å². The van der Waals surface area contributed by atoms with Gasteiger partial charge in [0.2, 0.25) is 0 Å². The van der Waals surface area contributed by atoms with Gasteiger partial charge in [0, 0.05) is 23.1 Å². The van der Waals surface area contributed by atoms with Crippen molar-refractivity contribution in [2.24, 2.45) is 4.36 Å². The van der Waals surface area contributed by atoms with Crippen molar-refractivity contribution in [1.82, 2.24) is 9.97 Å². The summed E-state index contributed by atoms with van der Waals surface area (Å²) in [5, 5.41) is 10.0. The van der Waals surface area contributed by atoms with E-state index in [1.165, 1.54) is 0 Å². The van der Waals surface area contributed by atoms with E-state index in [0.29, 0.717) is 45.2 Å². The molecule has 1 saturated heterocycles. The second-order valence-corrected chi connectivity index (χ2v) is 12.6. The van der Waals surface area contributed by atoms with Crippen LogP contribution < -0.4 is 9.47 Å². The minimum atomic E-state index is -2.23. The first-order valence-electron chi connectivity index (χ1n) is 11.9. The zero-order chi connectivity index (χ0) is 26.5. The molecule has 1 aromatic heterocycles. The van der Waals surface area contributed by atoms with Crippen LogP contribution in [0.1, 0.15) is 49.1 Å². The standard InChI is InChI=1S/C27H28Cl2N4O3S/c1-27(2,21-15-19(17-30)25(24(29)16-21)35-12-10-28)20-5-7-23(8-6-20)36-18-22-9-11-31-26(32-22)33-37(34)13-3-4-14-37/h5-9,11,15-16H,3-4,10,12-14,18H2,1-2H3. The van der Waals surface area contributed by atoms with Gasteiger partial charge < -0.3 is 9.47 Å². The van der Waals surface area contributed by atoms with Gasteiger partial charge in [-0.25, -0.2) is 14.2 Å². The Bertz CT molecular complexity index is 1420. The topological polar surface area (TPSA) is 97.5 Å². The third kappa shape index (κ3) is 6.53. The van der Waals surface area contributed by atoms with Crippen molar-refractivity contribution in [1.29, 1.82) is 5.26 Å². The molecule has 0 radical (unpaired) electrons. The van der Waals surface area contributed by atoms with Crippen LogP contribution in [-0.4, -0.2) is 38.2 Å².